The van der Waals surface area contributed by atoms with Crippen LogP contribution in [0.15, 0.2) is 0 Å². The van der Waals surface area contributed by atoms with E-state index in [-0.39, 0.29) is 0 Å². The Morgan fingerprint density at radius 1 is 1.08 bits per heavy atom. The standard InChI is InChI=1S/C6H15NO.C3H9N/c1-4-7(5-2)8-6-3;1-2-3-4/h4-6H2,1-3H3;2-4H2,1H3. The third kappa shape index (κ3) is 12.5. The maximum absolute atomic E-state index is 5.17. The van der Waals surface area contributed by atoms with Crippen molar-refractivity contribution >= 4 is 0 Å². The maximum atomic E-state index is 5.17. The fraction of sp³-hybridized carbons (Fsp3) is 1.00. The van der Waals surface area contributed by atoms with E-state index in [1.54, 1.807) is 0 Å². The molecule has 0 radical (unpaired) electrons. The molecule has 0 saturated carbocycles. The van der Waals surface area contributed by atoms with Crippen molar-refractivity contribution in [2.24, 2.45) is 5.73 Å². The Bertz CT molecular complexity index is 63.5. The average Bonchev–Trinajstić information content (AvgIpc) is 2.14. The van der Waals surface area contributed by atoms with Gasteiger partial charge in [-0.15, -0.1) is 0 Å². The zero-order valence-electron chi connectivity index (χ0n) is 8.97. The van der Waals surface area contributed by atoms with Crippen molar-refractivity contribution < 1.29 is 4.84 Å². The fourth-order valence-electron chi connectivity index (χ4n) is 0.589. The zero-order valence-corrected chi connectivity index (χ0v) is 8.97. The molecular weight excluding hydrogens is 152 g/mol. The number of hydroxylamine groups is 2. The largest absolute Gasteiger partial charge is 0.330 e. The Morgan fingerprint density at radius 3 is 1.58 bits per heavy atom. The van der Waals surface area contributed by atoms with Gasteiger partial charge >= 0.3 is 0 Å². The second-order valence-electron chi connectivity index (χ2n) is 2.32. The van der Waals surface area contributed by atoms with Crippen molar-refractivity contribution in [3.63, 3.8) is 0 Å². The van der Waals surface area contributed by atoms with E-state index < -0.39 is 0 Å². The van der Waals surface area contributed by atoms with Crippen molar-refractivity contribution in [2.75, 3.05) is 26.2 Å². The summed E-state index contributed by atoms with van der Waals surface area (Å²) in [5.41, 5.74) is 5.03. The quantitative estimate of drug-likeness (QED) is 0.647. The number of nitrogens with two attached hydrogens (primary N) is 1. The van der Waals surface area contributed by atoms with Gasteiger partial charge in [0.15, 0.2) is 0 Å². The summed E-state index contributed by atoms with van der Waals surface area (Å²) in [6.07, 6.45) is 1.10. The number of nitrogens with zero attached hydrogens (tertiary/aromatic N) is 1. The highest BCUT2D eigenvalue weighted by Crippen LogP contribution is 1.86. The highest BCUT2D eigenvalue weighted by atomic mass is 16.7. The number of hydrogen-bond donors (Lipinski definition) is 1. The summed E-state index contributed by atoms with van der Waals surface area (Å²) in [5, 5.41) is 1.93. The Morgan fingerprint density at radius 2 is 1.50 bits per heavy atom. The number of rotatable bonds is 5. The first-order valence-electron chi connectivity index (χ1n) is 4.84. The molecule has 0 aromatic rings. The van der Waals surface area contributed by atoms with E-state index in [0.717, 1.165) is 32.7 Å². The Balaban J connectivity index is 0. The summed E-state index contributed by atoms with van der Waals surface area (Å²) in [7, 11) is 0. The van der Waals surface area contributed by atoms with E-state index in [1.807, 2.05) is 12.0 Å². The molecule has 0 amide bonds. The van der Waals surface area contributed by atoms with Gasteiger partial charge in [0.05, 0.1) is 6.61 Å². The first-order valence-corrected chi connectivity index (χ1v) is 4.84. The molecule has 0 spiro atoms. The molecule has 0 fully saturated rings. The van der Waals surface area contributed by atoms with Crippen molar-refractivity contribution in [3.8, 4) is 0 Å². The minimum absolute atomic E-state index is 0.779. The molecule has 0 saturated heterocycles. The normalized spacial score (nSPS) is 9.50. The molecule has 0 rings (SSSR count). The van der Waals surface area contributed by atoms with Gasteiger partial charge in [-0.1, -0.05) is 20.8 Å². The predicted molar refractivity (Wildman–Crippen MR) is 53.9 cm³/mol. The minimum Gasteiger partial charge on any atom is -0.330 e. The highest BCUT2D eigenvalue weighted by Gasteiger charge is 1.93. The summed E-state index contributed by atoms with van der Waals surface area (Å²) in [6.45, 7) is 11.8. The van der Waals surface area contributed by atoms with Crippen molar-refractivity contribution in [2.45, 2.75) is 34.1 Å². The molecule has 0 bridgehead atoms. The molecule has 0 aromatic carbocycles. The summed E-state index contributed by atoms with van der Waals surface area (Å²) >= 11 is 0. The molecule has 12 heavy (non-hydrogen) atoms. The molecule has 0 aliphatic rings. The summed E-state index contributed by atoms with van der Waals surface area (Å²) < 4.78 is 0. The van der Waals surface area contributed by atoms with Gasteiger partial charge in [0.25, 0.3) is 0 Å². The highest BCUT2D eigenvalue weighted by molar-refractivity contribution is 4.31. The van der Waals surface area contributed by atoms with Crippen molar-refractivity contribution in [1.29, 1.82) is 0 Å². The first kappa shape index (κ1) is 14.4. The molecule has 3 nitrogen and oxygen atoms in total. The maximum Gasteiger partial charge on any atom is 0.0656 e. The van der Waals surface area contributed by atoms with Crippen LogP contribution in [0.25, 0.3) is 0 Å². The lowest BCUT2D eigenvalue weighted by atomic mass is 10.5. The summed E-state index contributed by atoms with van der Waals surface area (Å²) in [4.78, 5) is 5.17. The lowest BCUT2D eigenvalue weighted by molar-refractivity contribution is -0.147. The van der Waals surface area contributed by atoms with Gasteiger partial charge < -0.3 is 5.73 Å². The second-order valence-corrected chi connectivity index (χ2v) is 2.32. The van der Waals surface area contributed by atoms with Crippen LogP contribution < -0.4 is 5.73 Å². The molecule has 0 unspecified atom stereocenters. The Labute approximate surface area is 76.8 Å². The SMILES string of the molecule is CCCN.CCON(CC)CC. The van der Waals surface area contributed by atoms with Crippen LogP contribution in [-0.4, -0.2) is 31.3 Å². The van der Waals surface area contributed by atoms with Crippen LogP contribution in [0.2, 0.25) is 0 Å². The van der Waals surface area contributed by atoms with Gasteiger partial charge in [0, 0.05) is 13.1 Å². The first-order chi connectivity index (χ1) is 5.76. The number of hydrogen-bond acceptors (Lipinski definition) is 3. The van der Waals surface area contributed by atoms with Crippen molar-refractivity contribution in [1.82, 2.24) is 5.06 Å². The van der Waals surface area contributed by atoms with E-state index in [2.05, 4.69) is 20.8 Å². The van der Waals surface area contributed by atoms with Gasteiger partial charge in [-0.3, -0.25) is 4.84 Å². The van der Waals surface area contributed by atoms with Crippen LogP contribution in [-0.2, 0) is 4.84 Å². The molecule has 2 N–H and O–H groups in total. The predicted octanol–water partition coefficient (Wildman–Crippen LogP) is 1.63. The van der Waals surface area contributed by atoms with Crippen LogP contribution in [0.3, 0.4) is 0 Å². The molecule has 3 heteroatoms. The molecule has 0 aliphatic carbocycles. The van der Waals surface area contributed by atoms with E-state index >= 15 is 0 Å². The van der Waals surface area contributed by atoms with Crippen LogP contribution >= 0.6 is 0 Å². The molecular formula is C9H24N2O. The van der Waals surface area contributed by atoms with Crippen LogP contribution in [0.4, 0.5) is 0 Å². The second kappa shape index (κ2) is 13.5. The molecule has 76 valence electrons. The van der Waals surface area contributed by atoms with Crippen LogP contribution in [0, 0.1) is 0 Å². The third-order valence-electron chi connectivity index (χ3n) is 1.31. The van der Waals surface area contributed by atoms with E-state index in [9.17, 15) is 0 Å². The summed E-state index contributed by atoms with van der Waals surface area (Å²) in [6, 6.07) is 0. The van der Waals surface area contributed by atoms with Gasteiger partial charge in [0.2, 0.25) is 0 Å². The Kier molecular flexibility index (Phi) is 16.2. The van der Waals surface area contributed by atoms with Gasteiger partial charge in [0.1, 0.15) is 0 Å². The van der Waals surface area contributed by atoms with E-state index in [1.165, 1.54) is 0 Å². The smallest absolute Gasteiger partial charge is 0.0656 e. The average molecular weight is 176 g/mol. The van der Waals surface area contributed by atoms with Crippen LogP contribution in [0.5, 0.6) is 0 Å². The zero-order chi connectivity index (χ0) is 9.82. The van der Waals surface area contributed by atoms with E-state index in [0.29, 0.717) is 0 Å². The topological polar surface area (TPSA) is 38.5 Å². The van der Waals surface area contributed by atoms with Gasteiger partial charge in [-0.2, -0.15) is 5.06 Å². The van der Waals surface area contributed by atoms with E-state index in [4.69, 9.17) is 10.6 Å². The molecule has 0 aliphatic heterocycles. The fourth-order valence-corrected chi connectivity index (χ4v) is 0.589. The minimum atomic E-state index is 0.779. The summed E-state index contributed by atoms with van der Waals surface area (Å²) in [5.74, 6) is 0. The Hall–Kier alpha value is -0.120. The van der Waals surface area contributed by atoms with Gasteiger partial charge in [-0.05, 0) is 19.9 Å². The molecule has 0 atom stereocenters. The van der Waals surface area contributed by atoms with Crippen LogP contribution in [0.1, 0.15) is 34.1 Å². The van der Waals surface area contributed by atoms with Gasteiger partial charge in [-0.25, -0.2) is 0 Å². The van der Waals surface area contributed by atoms with Crippen molar-refractivity contribution in [3.05, 3.63) is 0 Å². The lowest BCUT2D eigenvalue weighted by Crippen LogP contribution is -2.22. The molecule has 0 aromatic heterocycles. The monoisotopic (exact) mass is 176 g/mol. The lowest BCUT2D eigenvalue weighted by Gasteiger charge is -2.15. The third-order valence-corrected chi connectivity index (χ3v) is 1.31. The molecule has 0 heterocycles.